The summed E-state index contributed by atoms with van der Waals surface area (Å²) in [5.41, 5.74) is 3.50. The molecule has 15 heavy (non-hydrogen) atoms. The van der Waals surface area contributed by atoms with Crippen LogP contribution in [-0.2, 0) is 4.79 Å². The number of hydrogen-bond donors (Lipinski definition) is 3. The summed E-state index contributed by atoms with van der Waals surface area (Å²) in [7, 11) is 0. The zero-order chi connectivity index (χ0) is 10.7. The van der Waals surface area contributed by atoms with Gasteiger partial charge in [-0.2, -0.15) is 0 Å². The quantitative estimate of drug-likeness (QED) is 0.394. The highest BCUT2D eigenvalue weighted by atomic mass is 16.5. The minimum absolute atomic E-state index is 0.538. The molecule has 0 aliphatic carbocycles. The van der Waals surface area contributed by atoms with Gasteiger partial charge in [0.2, 0.25) is 0 Å². The Hall–Kier alpha value is -2.07. The van der Waals surface area contributed by atoms with E-state index in [4.69, 9.17) is 5.21 Å². The van der Waals surface area contributed by atoms with E-state index in [0.717, 1.165) is 16.5 Å². The maximum absolute atomic E-state index is 10.7. The van der Waals surface area contributed by atoms with Crippen molar-refractivity contribution in [3.8, 4) is 0 Å². The van der Waals surface area contributed by atoms with Gasteiger partial charge in [0, 0.05) is 17.8 Å². The molecule has 1 aromatic carbocycles. The number of hydroxylamine groups is 1. The average molecular weight is 202 g/mol. The summed E-state index contributed by atoms with van der Waals surface area (Å²) >= 11 is 0. The van der Waals surface area contributed by atoms with E-state index >= 15 is 0 Å². The van der Waals surface area contributed by atoms with Crippen molar-refractivity contribution in [1.82, 2.24) is 10.5 Å². The maximum atomic E-state index is 10.7. The Morgan fingerprint density at radius 3 is 3.07 bits per heavy atom. The number of rotatable bonds is 2. The smallest absolute Gasteiger partial charge is 0.267 e. The molecular weight excluding hydrogens is 192 g/mol. The maximum Gasteiger partial charge on any atom is 0.267 e. The van der Waals surface area contributed by atoms with E-state index in [0.29, 0.717) is 0 Å². The van der Waals surface area contributed by atoms with Crippen LogP contribution in [0.5, 0.6) is 0 Å². The third-order valence-electron chi connectivity index (χ3n) is 2.11. The van der Waals surface area contributed by atoms with E-state index in [2.05, 4.69) is 4.98 Å². The molecule has 2 rings (SSSR count). The number of carbonyl (C=O) groups is 1. The number of aromatic amines is 1. The lowest BCUT2D eigenvalue weighted by Gasteiger charge is -1.94. The van der Waals surface area contributed by atoms with Gasteiger partial charge in [0.1, 0.15) is 0 Å². The van der Waals surface area contributed by atoms with Crippen molar-refractivity contribution in [1.29, 1.82) is 0 Å². The molecular formula is C11H10N2O2. The Balaban J connectivity index is 2.28. The first-order valence-corrected chi connectivity index (χ1v) is 4.49. The molecule has 4 nitrogen and oxygen atoms in total. The molecule has 0 unspecified atom stereocenters. The highest BCUT2D eigenvalue weighted by Gasteiger charge is 1.95. The second kappa shape index (κ2) is 3.98. The molecule has 0 saturated carbocycles. The molecule has 2 aromatic rings. The van der Waals surface area contributed by atoms with Crippen molar-refractivity contribution < 1.29 is 10.0 Å². The summed E-state index contributed by atoms with van der Waals surface area (Å²) in [4.78, 5) is 13.8. The zero-order valence-electron chi connectivity index (χ0n) is 7.90. The molecule has 0 bridgehead atoms. The normalized spacial score (nSPS) is 11.0. The summed E-state index contributed by atoms with van der Waals surface area (Å²) in [5, 5.41) is 9.38. The molecule has 0 spiro atoms. The highest BCUT2D eigenvalue weighted by molar-refractivity contribution is 5.91. The van der Waals surface area contributed by atoms with E-state index in [-0.39, 0.29) is 0 Å². The molecule has 0 aliphatic rings. The summed E-state index contributed by atoms with van der Waals surface area (Å²) in [6.45, 7) is 0. The number of benzene rings is 1. The number of H-pyrrole nitrogens is 1. The second-order valence-corrected chi connectivity index (χ2v) is 3.13. The Labute approximate surface area is 86.2 Å². The van der Waals surface area contributed by atoms with Crippen LogP contribution in [0.4, 0.5) is 0 Å². The fraction of sp³-hybridized carbons (Fsp3) is 0. The van der Waals surface area contributed by atoms with Crippen LogP contribution in [0.2, 0.25) is 0 Å². The van der Waals surface area contributed by atoms with Crippen molar-refractivity contribution in [2.24, 2.45) is 0 Å². The molecule has 3 N–H and O–H groups in total. The number of nitrogens with one attached hydrogen (secondary N) is 2. The van der Waals surface area contributed by atoms with E-state index < -0.39 is 5.91 Å². The Morgan fingerprint density at radius 1 is 1.40 bits per heavy atom. The first-order valence-electron chi connectivity index (χ1n) is 4.49. The van der Waals surface area contributed by atoms with Crippen LogP contribution >= 0.6 is 0 Å². The van der Waals surface area contributed by atoms with Crippen LogP contribution in [0.15, 0.2) is 36.5 Å². The lowest BCUT2D eigenvalue weighted by molar-refractivity contribution is -0.124. The largest absolute Gasteiger partial charge is 0.361 e. The van der Waals surface area contributed by atoms with Crippen LogP contribution in [0.25, 0.3) is 17.0 Å². The number of hydrogen-bond acceptors (Lipinski definition) is 2. The van der Waals surface area contributed by atoms with Gasteiger partial charge in [-0.15, -0.1) is 0 Å². The SMILES string of the molecule is O=C(C=Cc1ccc2[nH]ccc2c1)NO. The van der Waals surface area contributed by atoms with Crippen molar-refractivity contribution in [2.75, 3.05) is 0 Å². The first kappa shape index (κ1) is 9.48. The molecule has 0 aliphatic heterocycles. The molecule has 0 atom stereocenters. The molecule has 1 aromatic heterocycles. The summed E-state index contributed by atoms with van der Waals surface area (Å²) in [6.07, 6.45) is 4.77. The molecule has 1 heterocycles. The number of carbonyl (C=O) groups excluding carboxylic acids is 1. The minimum Gasteiger partial charge on any atom is -0.361 e. The van der Waals surface area contributed by atoms with Crippen LogP contribution < -0.4 is 5.48 Å². The van der Waals surface area contributed by atoms with E-state index in [1.165, 1.54) is 11.6 Å². The molecule has 0 fully saturated rings. The lowest BCUT2D eigenvalue weighted by atomic mass is 10.1. The van der Waals surface area contributed by atoms with E-state index in [1.54, 1.807) is 6.08 Å². The van der Waals surface area contributed by atoms with Crippen molar-refractivity contribution in [3.63, 3.8) is 0 Å². The standard InChI is InChI=1S/C11H10N2O2/c14-11(13-15)4-2-8-1-3-10-9(7-8)5-6-12-10/h1-7,12,15H,(H,13,14). The van der Waals surface area contributed by atoms with Crippen LogP contribution in [0.3, 0.4) is 0 Å². The van der Waals surface area contributed by atoms with E-state index in [1.807, 2.05) is 30.5 Å². The van der Waals surface area contributed by atoms with Crippen molar-refractivity contribution in [3.05, 3.63) is 42.1 Å². The predicted octanol–water partition coefficient (Wildman–Crippen LogP) is 1.69. The summed E-state index contributed by atoms with van der Waals surface area (Å²) in [5.74, 6) is -0.538. The molecule has 1 amide bonds. The van der Waals surface area contributed by atoms with Gasteiger partial charge >= 0.3 is 0 Å². The fourth-order valence-corrected chi connectivity index (χ4v) is 1.38. The van der Waals surface area contributed by atoms with Crippen molar-refractivity contribution >= 4 is 22.9 Å². The van der Waals surface area contributed by atoms with Gasteiger partial charge in [0.25, 0.3) is 5.91 Å². The topological polar surface area (TPSA) is 65.1 Å². The lowest BCUT2D eigenvalue weighted by Crippen LogP contribution is -2.14. The van der Waals surface area contributed by atoms with Crippen LogP contribution in [0.1, 0.15) is 5.56 Å². The third-order valence-corrected chi connectivity index (χ3v) is 2.11. The van der Waals surface area contributed by atoms with Gasteiger partial charge in [-0.25, -0.2) is 5.48 Å². The van der Waals surface area contributed by atoms with Gasteiger partial charge in [-0.3, -0.25) is 10.0 Å². The Morgan fingerprint density at radius 2 is 2.27 bits per heavy atom. The molecule has 76 valence electrons. The van der Waals surface area contributed by atoms with Gasteiger partial charge < -0.3 is 4.98 Å². The highest BCUT2D eigenvalue weighted by Crippen LogP contribution is 2.14. The number of amides is 1. The Bertz CT molecular complexity index is 514. The number of aromatic nitrogens is 1. The molecule has 0 saturated heterocycles. The predicted molar refractivity (Wildman–Crippen MR) is 57.3 cm³/mol. The van der Waals surface area contributed by atoms with E-state index in [9.17, 15) is 4.79 Å². The van der Waals surface area contributed by atoms with Gasteiger partial charge in [-0.05, 0) is 35.2 Å². The monoisotopic (exact) mass is 202 g/mol. The van der Waals surface area contributed by atoms with Gasteiger partial charge in [-0.1, -0.05) is 6.07 Å². The molecule has 0 radical (unpaired) electrons. The fourth-order valence-electron chi connectivity index (χ4n) is 1.38. The first-order chi connectivity index (χ1) is 7.29. The van der Waals surface area contributed by atoms with Crippen LogP contribution in [0, 0.1) is 0 Å². The molecule has 4 heteroatoms. The van der Waals surface area contributed by atoms with Gasteiger partial charge in [0.15, 0.2) is 0 Å². The van der Waals surface area contributed by atoms with Crippen molar-refractivity contribution in [2.45, 2.75) is 0 Å². The number of fused-ring (bicyclic) bond motifs is 1. The second-order valence-electron chi connectivity index (χ2n) is 3.13. The zero-order valence-corrected chi connectivity index (χ0v) is 7.90. The summed E-state index contributed by atoms with van der Waals surface area (Å²) < 4.78 is 0. The van der Waals surface area contributed by atoms with Gasteiger partial charge in [0.05, 0.1) is 0 Å². The summed E-state index contributed by atoms with van der Waals surface area (Å²) in [6, 6.07) is 7.73. The Kier molecular flexibility index (Phi) is 2.51. The average Bonchev–Trinajstić information content (AvgIpc) is 2.72. The minimum atomic E-state index is -0.538. The third kappa shape index (κ3) is 2.05. The van der Waals surface area contributed by atoms with Crippen LogP contribution in [-0.4, -0.2) is 16.1 Å².